The second-order valence-electron chi connectivity index (χ2n) is 12.7. The predicted octanol–water partition coefficient (Wildman–Crippen LogP) is 5.20. The number of amides is 2. The minimum Gasteiger partial charge on any atom is -0.478 e. The molecular weight excluding hydrogens is 791 g/mol. The Morgan fingerprint density at radius 3 is 1.95 bits per heavy atom. The fourth-order valence-electron chi connectivity index (χ4n) is 6.44. The standard InChI is InChI=1S/C37H31N3O13S3/c1-18-13-28-25(15-31(18)55(47,48)49)33(24-10-5-6-11-30(24)54(44,45)46)26-16-32(56(50,51)52)27(17-29(26)53-28)39-34-19(2)12-20(3)35(21(34)4)40-37(43)38-23-9-7-8-22(14-23)36(41)42/h5-17,39H,1H2,2-4H3,(H,41,42)(H2,38,40,43)(H,44,45,46)(H,47,48,49)(H,50,51,52). The van der Waals surface area contributed by atoms with Crippen LogP contribution in [0.15, 0.2) is 93.5 Å². The Morgan fingerprint density at radius 2 is 1.30 bits per heavy atom. The number of urea groups is 1. The van der Waals surface area contributed by atoms with E-state index >= 15 is 0 Å². The quantitative estimate of drug-likeness (QED) is 0.0925. The Bertz CT molecular complexity index is 3000. The smallest absolute Gasteiger partial charge is 0.335 e. The Hall–Kier alpha value is -6.09. The first kappa shape index (κ1) is 39.6. The summed E-state index contributed by atoms with van der Waals surface area (Å²) in [5.74, 6) is -1.39. The van der Waals surface area contributed by atoms with E-state index in [4.69, 9.17) is 4.74 Å². The van der Waals surface area contributed by atoms with Crippen LogP contribution in [0.5, 0.6) is 11.5 Å². The third-order valence-corrected chi connectivity index (χ3v) is 11.6. The molecule has 56 heavy (non-hydrogen) atoms. The number of carboxylic acids is 1. The molecular formula is C37H31N3O13S3. The number of ether oxygens (including phenoxy) is 1. The third kappa shape index (κ3) is 7.71. The van der Waals surface area contributed by atoms with Crippen molar-refractivity contribution in [3.8, 4) is 11.5 Å². The van der Waals surface area contributed by atoms with Gasteiger partial charge in [0.2, 0.25) is 0 Å². The fraction of sp³-hybridized carbons (Fsp3) is 0.0811. The highest BCUT2D eigenvalue weighted by molar-refractivity contribution is 7.86. The summed E-state index contributed by atoms with van der Waals surface area (Å²) < 4.78 is 113. The van der Waals surface area contributed by atoms with Crippen LogP contribution in [0.1, 0.15) is 38.2 Å². The van der Waals surface area contributed by atoms with Crippen LogP contribution >= 0.6 is 0 Å². The predicted molar refractivity (Wildman–Crippen MR) is 205 cm³/mol. The van der Waals surface area contributed by atoms with Crippen LogP contribution < -0.4 is 31.1 Å². The first-order chi connectivity index (χ1) is 26.0. The summed E-state index contributed by atoms with van der Waals surface area (Å²) in [4.78, 5) is 22.4. The Morgan fingerprint density at radius 1 is 0.661 bits per heavy atom. The Labute approximate surface area is 320 Å². The highest BCUT2D eigenvalue weighted by Crippen LogP contribution is 2.44. The average molecular weight is 822 g/mol. The van der Waals surface area contributed by atoms with Crippen LogP contribution in [0, 0.1) is 20.8 Å². The van der Waals surface area contributed by atoms with Crippen molar-refractivity contribution in [3.63, 3.8) is 0 Å². The molecule has 0 spiro atoms. The van der Waals surface area contributed by atoms with Crippen molar-refractivity contribution >= 4 is 77.3 Å². The maximum absolute atomic E-state index is 13.1. The lowest BCUT2D eigenvalue weighted by Gasteiger charge is -2.25. The molecule has 16 nitrogen and oxygen atoms in total. The number of hydrogen-bond acceptors (Lipinski definition) is 10. The van der Waals surface area contributed by atoms with E-state index in [0.717, 1.165) is 24.3 Å². The van der Waals surface area contributed by atoms with Gasteiger partial charge in [-0.25, -0.2) is 9.59 Å². The number of aromatic carboxylic acids is 1. The Kier molecular flexibility index (Phi) is 10.0. The third-order valence-electron chi connectivity index (χ3n) is 8.83. The van der Waals surface area contributed by atoms with Gasteiger partial charge in [0.05, 0.1) is 16.9 Å². The summed E-state index contributed by atoms with van der Waals surface area (Å²) in [5, 5.41) is 17.3. The summed E-state index contributed by atoms with van der Waals surface area (Å²) in [6.07, 6.45) is 0. The zero-order valence-corrected chi connectivity index (χ0v) is 31.8. The second-order valence-corrected chi connectivity index (χ2v) is 16.8. The number of carbonyl (C=O) groups excluding carboxylic acids is 1. The molecule has 0 saturated carbocycles. The number of carboxylic acid groups (broad SMARTS) is 1. The van der Waals surface area contributed by atoms with Gasteiger partial charge in [-0.15, -0.1) is 0 Å². The van der Waals surface area contributed by atoms with E-state index in [0.29, 0.717) is 28.1 Å². The van der Waals surface area contributed by atoms with Crippen LogP contribution in [-0.2, 0) is 30.4 Å². The number of carbonyl (C=O) groups is 2. The van der Waals surface area contributed by atoms with Gasteiger partial charge >= 0.3 is 12.0 Å². The van der Waals surface area contributed by atoms with E-state index in [2.05, 4.69) is 22.5 Å². The van der Waals surface area contributed by atoms with Crippen LogP contribution in [-0.4, -0.2) is 56.0 Å². The summed E-state index contributed by atoms with van der Waals surface area (Å²) >= 11 is 0. The number of hydrogen-bond donors (Lipinski definition) is 7. The molecule has 2 amide bonds. The summed E-state index contributed by atoms with van der Waals surface area (Å²) in [6, 6.07) is 15.9. The molecule has 6 rings (SSSR count). The minimum absolute atomic E-state index is 0.0499. The highest BCUT2D eigenvalue weighted by atomic mass is 32.2. The van der Waals surface area contributed by atoms with Gasteiger partial charge < -0.3 is 25.8 Å². The van der Waals surface area contributed by atoms with E-state index in [-0.39, 0.29) is 55.6 Å². The lowest BCUT2D eigenvalue weighted by molar-refractivity contribution is 0.0696. The molecule has 5 aromatic rings. The molecule has 1 aliphatic heterocycles. The lowest BCUT2D eigenvalue weighted by atomic mass is 9.92. The molecule has 0 aliphatic carbocycles. The van der Waals surface area contributed by atoms with Crippen LogP contribution in [0.2, 0.25) is 0 Å². The SMILES string of the molecule is C=c1cc2c(cc1S(=O)(=O)O)=C(c1ccccc1S(=O)(=O)O)c1cc(S(=O)(=O)O)c(Nc3c(C)cc(C)c(NC(=O)Nc4cccc(C(=O)O)c4)c3C)cc1O2. The van der Waals surface area contributed by atoms with Gasteiger partial charge in [0, 0.05) is 39.4 Å². The number of fused-ring (bicyclic) bond motifs is 2. The minimum atomic E-state index is -5.12. The van der Waals surface area contributed by atoms with Gasteiger partial charge in [-0.05, 0) is 85.1 Å². The Balaban J connectivity index is 1.53. The molecule has 19 heteroatoms. The molecule has 5 aromatic carbocycles. The highest BCUT2D eigenvalue weighted by Gasteiger charge is 2.30. The monoisotopic (exact) mass is 821 g/mol. The van der Waals surface area contributed by atoms with Crippen LogP contribution in [0.3, 0.4) is 0 Å². The van der Waals surface area contributed by atoms with Crippen molar-refractivity contribution < 1.29 is 58.3 Å². The van der Waals surface area contributed by atoms with E-state index in [1.54, 1.807) is 26.8 Å². The molecule has 1 aliphatic rings. The summed E-state index contributed by atoms with van der Waals surface area (Å²) in [6.45, 7) is 8.70. The number of rotatable bonds is 9. The maximum Gasteiger partial charge on any atom is 0.335 e. The van der Waals surface area contributed by atoms with Crippen molar-refractivity contribution in [1.29, 1.82) is 0 Å². The molecule has 1 heterocycles. The van der Waals surface area contributed by atoms with Gasteiger partial charge in [0.15, 0.2) is 0 Å². The molecule has 0 unspecified atom stereocenters. The normalized spacial score (nSPS) is 12.6. The number of benzene rings is 5. The van der Waals surface area contributed by atoms with Crippen molar-refractivity contribution in [2.45, 2.75) is 35.5 Å². The van der Waals surface area contributed by atoms with Crippen LogP contribution in [0.4, 0.5) is 27.5 Å². The zero-order chi connectivity index (χ0) is 41.1. The molecule has 0 bridgehead atoms. The van der Waals surface area contributed by atoms with Gasteiger partial charge in [-0.2, -0.15) is 25.3 Å². The van der Waals surface area contributed by atoms with Crippen molar-refractivity contribution in [2.75, 3.05) is 16.0 Å². The van der Waals surface area contributed by atoms with Crippen molar-refractivity contribution in [2.24, 2.45) is 0 Å². The van der Waals surface area contributed by atoms with Gasteiger partial charge in [-0.3, -0.25) is 13.7 Å². The fourth-order valence-corrected chi connectivity index (χ4v) is 8.45. The largest absolute Gasteiger partial charge is 0.478 e. The van der Waals surface area contributed by atoms with E-state index in [1.807, 2.05) is 0 Å². The van der Waals surface area contributed by atoms with Gasteiger partial charge in [0.25, 0.3) is 30.4 Å². The second kappa shape index (κ2) is 14.2. The summed E-state index contributed by atoms with van der Waals surface area (Å²) in [7, 11) is -15.0. The lowest BCUT2D eigenvalue weighted by Crippen LogP contribution is -2.25. The molecule has 7 N–H and O–H groups in total. The number of aryl methyl sites for hydroxylation is 2. The summed E-state index contributed by atoms with van der Waals surface area (Å²) in [5.41, 5.74) is 1.57. The molecule has 0 radical (unpaired) electrons. The van der Waals surface area contributed by atoms with Crippen molar-refractivity contribution in [3.05, 3.63) is 123 Å². The number of anilines is 4. The molecule has 0 atom stereocenters. The first-order valence-corrected chi connectivity index (χ1v) is 20.4. The zero-order valence-electron chi connectivity index (χ0n) is 29.4. The van der Waals surface area contributed by atoms with E-state index in [9.17, 15) is 53.6 Å². The molecule has 290 valence electrons. The average Bonchev–Trinajstić information content (AvgIpc) is 3.09. The van der Waals surface area contributed by atoms with E-state index in [1.165, 1.54) is 48.5 Å². The van der Waals surface area contributed by atoms with Crippen molar-refractivity contribution in [1.82, 2.24) is 0 Å². The number of nitrogens with one attached hydrogen (secondary N) is 3. The first-order valence-electron chi connectivity index (χ1n) is 16.1. The van der Waals surface area contributed by atoms with Gasteiger partial charge in [-0.1, -0.05) is 36.9 Å². The molecule has 0 saturated heterocycles. The molecule has 0 fully saturated rings. The van der Waals surface area contributed by atoms with E-state index < -0.39 is 57.0 Å². The maximum atomic E-state index is 13.1. The van der Waals surface area contributed by atoms with Crippen LogP contribution in [0.25, 0.3) is 12.2 Å². The molecule has 0 aromatic heterocycles. The van der Waals surface area contributed by atoms with Gasteiger partial charge in [0.1, 0.15) is 26.2 Å². The topological polar surface area (TPSA) is 263 Å².